The van der Waals surface area contributed by atoms with Gasteiger partial charge in [-0.2, -0.15) is 0 Å². The van der Waals surface area contributed by atoms with E-state index in [9.17, 15) is 18.0 Å². The molecule has 1 nitrogen and oxygen atoms in total. The van der Waals surface area contributed by atoms with Gasteiger partial charge in [0.2, 0.25) is 0 Å². The van der Waals surface area contributed by atoms with Crippen molar-refractivity contribution in [2.24, 2.45) is 0 Å². The van der Waals surface area contributed by atoms with Crippen LogP contribution >= 0.6 is 11.6 Å². The average molecular weight is 285 g/mol. The summed E-state index contributed by atoms with van der Waals surface area (Å²) in [6, 6.07) is 6.51. The van der Waals surface area contributed by atoms with Gasteiger partial charge in [0, 0.05) is 17.0 Å². The molecule has 0 aliphatic carbocycles. The molecule has 0 N–H and O–H groups in total. The summed E-state index contributed by atoms with van der Waals surface area (Å²) in [6.45, 7) is 0. The molecule has 0 aromatic heterocycles. The van der Waals surface area contributed by atoms with Crippen LogP contribution in [0.25, 0.3) is 0 Å². The van der Waals surface area contributed by atoms with Gasteiger partial charge < -0.3 is 0 Å². The van der Waals surface area contributed by atoms with Crippen LogP contribution in [0.4, 0.5) is 13.2 Å². The van der Waals surface area contributed by atoms with E-state index in [4.69, 9.17) is 11.6 Å². The third kappa shape index (κ3) is 2.96. The van der Waals surface area contributed by atoms with Gasteiger partial charge in [-0.3, -0.25) is 4.79 Å². The molecule has 0 saturated heterocycles. The molecule has 0 aliphatic rings. The van der Waals surface area contributed by atoms with Gasteiger partial charge >= 0.3 is 0 Å². The third-order valence-corrected chi connectivity index (χ3v) is 2.98. The lowest BCUT2D eigenvalue weighted by atomic mass is 10.0. The fraction of sp³-hybridized carbons (Fsp3) is 0.0714. The Morgan fingerprint density at radius 2 is 1.79 bits per heavy atom. The quantitative estimate of drug-likeness (QED) is 0.773. The summed E-state index contributed by atoms with van der Waals surface area (Å²) in [4.78, 5) is 11.9. The Balaban J connectivity index is 2.34. The molecule has 0 aliphatic heterocycles. The van der Waals surface area contributed by atoms with Gasteiger partial charge in [-0.15, -0.1) is 0 Å². The lowest BCUT2D eigenvalue weighted by molar-refractivity contribution is 0.0987. The molecule has 2 aromatic carbocycles. The highest BCUT2D eigenvalue weighted by atomic mass is 35.5. The second-order valence-corrected chi connectivity index (χ2v) is 4.33. The highest BCUT2D eigenvalue weighted by Crippen LogP contribution is 2.22. The highest BCUT2D eigenvalue weighted by Gasteiger charge is 2.17. The number of carbonyl (C=O) groups is 1. The molecular formula is C14H8ClF3O. The fourth-order valence-corrected chi connectivity index (χ4v) is 1.90. The van der Waals surface area contributed by atoms with Crippen molar-refractivity contribution < 1.29 is 18.0 Å². The van der Waals surface area contributed by atoms with Gasteiger partial charge in [-0.1, -0.05) is 17.7 Å². The summed E-state index contributed by atoms with van der Waals surface area (Å²) in [5.74, 6) is -2.97. The molecule has 0 heterocycles. The number of ketones is 1. The van der Waals surface area contributed by atoms with E-state index in [0.29, 0.717) is 0 Å². The maximum Gasteiger partial charge on any atom is 0.170 e. The second-order valence-electron chi connectivity index (χ2n) is 3.92. The van der Waals surface area contributed by atoms with E-state index in [0.717, 1.165) is 24.3 Å². The SMILES string of the molecule is O=C(Cc1c(F)cccc1Cl)c1cc(F)ccc1F. The normalized spacial score (nSPS) is 10.5. The number of hydrogen-bond donors (Lipinski definition) is 0. The molecule has 19 heavy (non-hydrogen) atoms. The Morgan fingerprint density at radius 1 is 1.05 bits per heavy atom. The van der Waals surface area contributed by atoms with Gasteiger partial charge in [0.1, 0.15) is 17.5 Å². The van der Waals surface area contributed by atoms with E-state index in [1.807, 2.05) is 0 Å². The highest BCUT2D eigenvalue weighted by molar-refractivity contribution is 6.31. The first-order chi connectivity index (χ1) is 8.99. The molecule has 0 unspecified atom stereocenters. The lowest BCUT2D eigenvalue weighted by Crippen LogP contribution is -2.08. The molecule has 0 radical (unpaired) electrons. The fourth-order valence-electron chi connectivity index (χ4n) is 1.67. The molecule has 5 heteroatoms. The molecule has 0 spiro atoms. The van der Waals surface area contributed by atoms with Crippen molar-refractivity contribution in [3.63, 3.8) is 0 Å². The number of carbonyl (C=O) groups excluding carboxylic acids is 1. The van der Waals surface area contributed by atoms with Gasteiger partial charge in [0.25, 0.3) is 0 Å². The molecule has 98 valence electrons. The van der Waals surface area contributed by atoms with Crippen LogP contribution in [0.15, 0.2) is 36.4 Å². The first kappa shape index (κ1) is 13.6. The van der Waals surface area contributed by atoms with Crippen molar-refractivity contribution in [3.05, 3.63) is 70.0 Å². The van der Waals surface area contributed by atoms with Crippen molar-refractivity contribution in [3.8, 4) is 0 Å². The summed E-state index contributed by atoms with van der Waals surface area (Å²) in [5.41, 5.74) is -0.447. The molecule has 0 bridgehead atoms. The molecule has 0 atom stereocenters. The van der Waals surface area contributed by atoms with Crippen molar-refractivity contribution in [1.82, 2.24) is 0 Å². The van der Waals surface area contributed by atoms with E-state index in [1.165, 1.54) is 12.1 Å². The molecule has 0 saturated carbocycles. The predicted molar refractivity (Wildman–Crippen MR) is 65.8 cm³/mol. The van der Waals surface area contributed by atoms with Crippen LogP contribution in [0.5, 0.6) is 0 Å². The standard InChI is InChI=1S/C14H8ClF3O/c15-11-2-1-3-12(17)9(11)7-14(19)10-6-8(16)4-5-13(10)18/h1-6H,7H2. The Bertz CT molecular complexity index is 620. The summed E-state index contributed by atoms with van der Waals surface area (Å²) >= 11 is 5.77. The van der Waals surface area contributed by atoms with Crippen LogP contribution in [-0.2, 0) is 6.42 Å². The third-order valence-electron chi connectivity index (χ3n) is 2.63. The monoisotopic (exact) mass is 284 g/mol. The van der Waals surface area contributed by atoms with Crippen LogP contribution < -0.4 is 0 Å². The van der Waals surface area contributed by atoms with E-state index >= 15 is 0 Å². The van der Waals surface area contributed by atoms with Gasteiger partial charge in [-0.25, -0.2) is 13.2 Å². The Hall–Kier alpha value is -1.81. The first-order valence-electron chi connectivity index (χ1n) is 5.40. The van der Waals surface area contributed by atoms with Crippen LogP contribution in [-0.4, -0.2) is 5.78 Å². The summed E-state index contributed by atoms with van der Waals surface area (Å²) in [6.07, 6.45) is -0.425. The molecule has 2 aromatic rings. The number of rotatable bonds is 3. The number of benzene rings is 2. The smallest absolute Gasteiger partial charge is 0.170 e. The van der Waals surface area contributed by atoms with E-state index in [2.05, 4.69) is 0 Å². The molecule has 0 amide bonds. The summed E-state index contributed by atoms with van der Waals surface area (Å²) in [5, 5.41) is 0.0742. The zero-order valence-electron chi connectivity index (χ0n) is 9.59. The van der Waals surface area contributed by atoms with Crippen molar-refractivity contribution >= 4 is 17.4 Å². The second kappa shape index (κ2) is 5.45. The minimum absolute atomic E-state index is 0.0298. The minimum Gasteiger partial charge on any atom is -0.294 e. The van der Waals surface area contributed by atoms with E-state index in [-0.39, 0.29) is 10.6 Å². The Labute approximate surface area is 112 Å². The number of hydrogen-bond acceptors (Lipinski definition) is 1. The maximum absolute atomic E-state index is 13.5. The van der Waals surface area contributed by atoms with Crippen LogP contribution in [0.1, 0.15) is 15.9 Å². The average Bonchev–Trinajstić information content (AvgIpc) is 2.37. The zero-order chi connectivity index (χ0) is 14.0. The Kier molecular flexibility index (Phi) is 3.90. The topological polar surface area (TPSA) is 17.1 Å². The van der Waals surface area contributed by atoms with E-state index < -0.39 is 35.2 Å². The largest absolute Gasteiger partial charge is 0.294 e. The maximum atomic E-state index is 13.5. The molecule has 0 fully saturated rings. The van der Waals surface area contributed by atoms with Gasteiger partial charge in [0.05, 0.1) is 5.56 Å². The molecular weight excluding hydrogens is 277 g/mol. The van der Waals surface area contributed by atoms with Crippen molar-refractivity contribution in [1.29, 1.82) is 0 Å². The number of Topliss-reactive ketones (excluding diaryl/α,β-unsaturated/α-hetero) is 1. The lowest BCUT2D eigenvalue weighted by Gasteiger charge is -2.06. The number of halogens is 4. The summed E-state index contributed by atoms with van der Waals surface area (Å²) in [7, 11) is 0. The minimum atomic E-state index is -0.848. The van der Waals surface area contributed by atoms with Crippen molar-refractivity contribution in [2.45, 2.75) is 6.42 Å². The van der Waals surface area contributed by atoms with Gasteiger partial charge in [-0.05, 0) is 30.3 Å². The zero-order valence-corrected chi connectivity index (χ0v) is 10.3. The Morgan fingerprint density at radius 3 is 2.47 bits per heavy atom. The van der Waals surface area contributed by atoms with Gasteiger partial charge in [0.15, 0.2) is 5.78 Å². The first-order valence-corrected chi connectivity index (χ1v) is 5.78. The van der Waals surface area contributed by atoms with E-state index in [1.54, 1.807) is 0 Å². The van der Waals surface area contributed by atoms with Crippen LogP contribution in [0, 0.1) is 17.5 Å². The predicted octanol–water partition coefficient (Wildman–Crippen LogP) is 4.18. The van der Waals surface area contributed by atoms with Crippen molar-refractivity contribution in [2.75, 3.05) is 0 Å². The summed E-state index contributed by atoms with van der Waals surface area (Å²) < 4.78 is 39.9. The molecule has 2 rings (SSSR count). The van der Waals surface area contributed by atoms with Crippen LogP contribution in [0.2, 0.25) is 5.02 Å². The van der Waals surface area contributed by atoms with Crippen LogP contribution in [0.3, 0.4) is 0 Å².